The lowest BCUT2D eigenvalue weighted by Crippen LogP contribution is -2.37. The molecule has 0 aromatic rings. The molecule has 0 N–H and O–H groups in total. The molecule has 0 aliphatic rings. The molecule has 2 atom stereocenters. The van der Waals surface area contributed by atoms with Crippen LogP contribution in [0.4, 0.5) is 0 Å². The standard InChI is InChI=1S/C48H80NO7P/c1-6-8-10-12-14-16-18-20-22-24-25-26-27-29-31-33-35-37-39-41-48(50)56-47(46-55-57(51,52)54-44-42-49(3,4)5)45-53-43-40-38-36-34-32-30-28-23-21-19-17-15-13-11-9-7-2/h8-11,14-17,20-23,25-26,29,31,35,37,47H,6-7,12-13,18-19,24,27-28,30,32-34,36,38-46H2,1-5H3/b10-8-,11-9-,16-14-,17-15-,22-20-,23-21-,26-25-,31-29-,37-35-. The fraction of sp³-hybridized carbons (Fsp3) is 0.604. The van der Waals surface area contributed by atoms with Crippen molar-refractivity contribution in [3.8, 4) is 0 Å². The molecule has 0 heterocycles. The Morgan fingerprint density at radius 2 is 0.965 bits per heavy atom. The van der Waals surface area contributed by atoms with Crippen LogP contribution in [-0.2, 0) is 27.9 Å². The highest BCUT2D eigenvalue weighted by Crippen LogP contribution is 2.38. The summed E-state index contributed by atoms with van der Waals surface area (Å²) in [7, 11) is 1.28. The number of unbranched alkanes of at least 4 members (excludes halogenated alkanes) is 6. The number of carbonyl (C=O) groups excluding carboxylic acids is 1. The summed E-state index contributed by atoms with van der Waals surface area (Å²) in [6, 6.07) is 0. The quantitative estimate of drug-likeness (QED) is 0.0201. The van der Waals surface area contributed by atoms with Gasteiger partial charge in [0.25, 0.3) is 7.82 Å². The summed E-state index contributed by atoms with van der Waals surface area (Å²) in [6.07, 6.45) is 55.5. The van der Waals surface area contributed by atoms with Crippen LogP contribution in [0, 0.1) is 0 Å². The van der Waals surface area contributed by atoms with Gasteiger partial charge in [0.2, 0.25) is 0 Å². The van der Waals surface area contributed by atoms with Crippen molar-refractivity contribution in [1.29, 1.82) is 0 Å². The summed E-state index contributed by atoms with van der Waals surface area (Å²) in [5, 5.41) is 0. The number of carbonyl (C=O) groups is 1. The van der Waals surface area contributed by atoms with E-state index in [4.69, 9.17) is 18.5 Å². The molecule has 0 saturated heterocycles. The molecule has 0 spiro atoms. The van der Waals surface area contributed by atoms with Gasteiger partial charge < -0.3 is 27.9 Å². The first-order valence-corrected chi connectivity index (χ1v) is 23.1. The number of esters is 1. The van der Waals surface area contributed by atoms with Crippen LogP contribution in [0.5, 0.6) is 0 Å². The van der Waals surface area contributed by atoms with Gasteiger partial charge in [-0.1, -0.05) is 149 Å². The van der Waals surface area contributed by atoms with Crippen LogP contribution in [0.2, 0.25) is 0 Å². The van der Waals surface area contributed by atoms with Gasteiger partial charge in [0.15, 0.2) is 0 Å². The lowest BCUT2D eigenvalue weighted by atomic mass is 10.1. The van der Waals surface area contributed by atoms with E-state index >= 15 is 0 Å². The monoisotopic (exact) mass is 814 g/mol. The smallest absolute Gasteiger partial charge is 0.306 e. The molecular formula is C48H80NO7P. The number of quaternary nitrogens is 1. The third-order valence-corrected chi connectivity index (χ3v) is 9.30. The summed E-state index contributed by atoms with van der Waals surface area (Å²) in [6.45, 7) is 5.01. The van der Waals surface area contributed by atoms with Gasteiger partial charge in [0.05, 0.1) is 34.4 Å². The minimum absolute atomic E-state index is 0.00289. The van der Waals surface area contributed by atoms with Crippen LogP contribution in [0.3, 0.4) is 0 Å². The van der Waals surface area contributed by atoms with E-state index in [1.807, 2.05) is 33.3 Å². The van der Waals surface area contributed by atoms with Crippen LogP contribution in [0.15, 0.2) is 109 Å². The summed E-state index contributed by atoms with van der Waals surface area (Å²) < 4.78 is 34.5. The maximum atomic E-state index is 12.6. The molecule has 0 fully saturated rings. The van der Waals surface area contributed by atoms with Crippen molar-refractivity contribution < 1.29 is 37.3 Å². The van der Waals surface area contributed by atoms with Gasteiger partial charge in [-0.15, -0.1) is 0 Å². The fourth-order valence-electron chi connectivity index (χ4n) is 5.05. The van der Waals surface area contributed by atoms with Crippen LogP contribution >= 0.6 is 7.82 Å². The SMILES string of the molecule is CC/C=C\C/C=C\C/C=C\C/C=C\C/C=C\C/C=C\CCC(=O)OC(COCCCCCCCC/C=C\C/C=C\C/C=C\CC)COP(=O)([O-])OCC[N+](C)(C)C. The minimum atomic E-state index is -4.56. The zero-order chi connectivity index (χ0) is 42.0. The zero-order valence-corrected chi connectivity index (χ0v) is 37.4. The van der Waals surface area contributed by atoms with Crippen molar-refractivity contribution in [1.82, 2.24) is 0 Å². The summed E-state index contributed by atoms with van der Waals surface area (Å²) in [5.74, 6) is -0.426. The second-order valence-electron chi connectivity index (χ2n) is 14.9. The highest BCUT2D eigenvalue weighted by atomic mass is 31.2. The summed E-state index contributed by atoms with van der Waals surface area (Å²) in [4.78, 5) is 25.0. The molecule has 0 saturated carbocycles. The Kier molecular flexibility index (Phi) is 38.0. The van der Waals surface area contributed by atoms with Gasteiger partial charge in [-0.2, -0.15) is 0 Å². The predicted molar refractivity (Wildman–Crippen MR) is 240 cm³/mol. The second kappa shape index (κ2) is 40.0. The normalized spacial score (nSPS) is 14.8. The number of hydrogen-bond acceptors (Lipinski definition) is 7. The number of likely N-dealkylation sites (N-methyl/N-ethyl adjacent to an activating group) is 1. The molecule has 2 unspecified atom stereocenters. The summed E-state index contributed by atoms with van der Waals surface area (Å²) >= 11 is 0. The van der Waals surface area contributed by atoms with Crippen molar-refractivity contribution in [2.75, 3.05) is 54.1 Å². The Morgan fingerprint density at radius 3 is 1.44 bits per heavy atom. The Bertz CT molecular complexity index is 1270. The first kappa shape index (κ1) is 54.2. The van der Waals surface area contributed by atoms with Crippen LogP contribution in [0.1, 0.15) is 129 Å². The molecule has 57 heavy (non-hydrogen) atoms. The van der Waals surface area contributed by atoms with E-state index in [-0.39, 0.29) is 26.2 Å². The van der Waals surface area contributed by atoms with Gasteiger partial charge in [-0.25, -0.2) is 0 Å². The molecule has 0 aliphatic carbocycles. The van der Waals surface area contributed by atoms with Gasteiger partial charge in [0, 0.05) is 13.0 Å². The van der Waals surface area contributed by atoms with Crippen molar-refractivity contribution in [3.05, 3.63) is 109 Å². The molecule has 0 aromatic carbocycles. The first-order valence-electron chi connectivity index (χ1n) is 21.6. The van der Waals surface area contributed by atoms with Gasteiger partial charge in [-0.05, 0) is 83.5 Å². The van der Waals surface area contributed by atoms with E-state index in [1.165, 1.54) is 19.3 Å². The Hall–Kier alpha value is -2.84. The molecule has 0 aliphatic heterocycles. The molecular weight excluding hydrogens is 734 g/mol. The van der Waals surface area contributed by atoms with Crippen molar-refractivity contribution in [2.24, 2.45) is 0 Å². The van der Waals surface area contributed by atoms with E-state index in [0.717, 1.165) is 83.5 Å². The van der Waals surface area contributed by atoms with Crippen molar-refractivity contribution in [3.63, 3.8) is 0 Å². The Morgan fingerprint density at radius 1 is 0.544 bits per heavy atom. The minimum Gasteiger partial charge on any atom is -0.756 e. The van der Waals surface area contributed by atoms with E-state index in [2.05, 4.69) is 111 Å². The maximum Gasteiger partial charge on any atom is 0.306 e. The van der Waals surface area contributed by atoms with E-state index in [9.17, 15) is 14.3 Å². The van der Waals surface area contributed by atoms with Gasteiger partial charge >= 0.3 is 5.97 Å². The Balaban J connectivity index is 4.43. The third kappa shape index (κ3) is 44.1. The number of rotatable bonds is 38. The topological polar surface area (TPSA) is 94.1 Å². The molecule has 324 valence electrons. The summed E-state index contributed by atoms with van der Waals surface area (Å²) in [5.41, 5.74) is 0. The molecule has 0 amide bonds. The van der Waals surface area contributed by atoms with Crippen LogP contribution in [0.25, 0.3) is 0 Å². The number of phosphoric ester groups is 1. The number of allylic oxidation sites excluding steroid dienone is 18. The molecule has 8 nitrogen and oxygen atoms in total. The second-order valence-corrected chi connectivity index (χ2v) is 16.3. The predicted octanol–water partition coefficient (Wildman–Crippen LogP) is 12.2. The van der Waals surface area contributed by atoms with Crippen molar-refractivity contribution in [2.45, 2.75) is 136 Å². The molecule has 9 heteroatoms. The largest absolute Gasteiger partial charge is 0.756 e. The first-order chi connectivity index (χ1) is 27.6. The lowest BCUT2D eigenvalue weighted by molar-refractivity contribution is -0.870. The number of nitrogens with zero attached hydrogens (tertiary/aromatic N) is 1. The highest BCUT2D eigenvalue weighted by molar-refractivity contribution is 7.45. The van der Waals surface area contributed by atoms with E-state index in [0.29, 0.717) is 24.1 Å². The van der Waals surface area contributed by atoms with Crippen LogP contribution < -0.4 is 4.89 Å². The third-order valence-electron chi connectivity index (χ3n) is 8.33. The number of ether oxygens (including phenoxy) is 2. The van der Waals surface area contributed by atoms with Gasteiger partial charge in [0.1, 0.15) is 19.3 Å². The maximum absolute atomic E-state index is 12.6. The van der Waals surface area contributed by atoms with Crippen LogP contribution in [-0.4, -0.2) is 70.7 Å². The zero-order valence-electron chi connectivity index (χ0n) is 36.5. The highest BCUT2D eigenvalue weighted by Gasteiger charge is 2.20. The van der Waals surface area contributed by atoms with E-state index in [1.54, 1.807) is 0 Å². The molecule has 0 bridgehead atoms. The van der Waals surface area contributed by atoms with E-state index < -0.39 is 19.9 Å². The Labute approximate surface area is 349 Å². The van der Waals surface area contributed by atoms with Gasteiger partial charge in [-0.3, -0.25) is 9.36 Å². The average Bonchev–Trinajstić information content (AvgIpc) is 3.16. The number of hydrogen-bond donors (Lipinski definition) is 0. The average molecular weight is 814 g/mol. The molecule has 0 rings (SSSR count). The molecule has 0 radical (unpaired) electrons. The van der Waals surface area contributed by atoms with Crippen molar-refractivity contribution >= 4 is 13.8 Å². The molecule has 0 aromatic heterocycles. The lowest BCUT2D eigenvalue weighted by Gasteiger charge is -2.28. The fourth-order valence-corrected chi connectivity index (χ4v) is 5.78. The number of phosphoric acid groups is 1.